The molecular weight excluding hydrogens is 388 g/mol. The van der Waals surface area contributed by atoms with Crippen molar-refractivity contribution in [3.05, 3.63) is 87.8 Å². The lowest BCUT2D eigenvalue weighted by Gasteiger charge is -2.21. The van der Waals surface area contributed by atoms with E-state index in [9.17, 15) is 9.59 Å². The number of rotatable bonds is 5. The number of fused-ring (bicyclic) bond motifs is 1. The van der Waals surface area contributed by atoms with Crippen molar-refractivity contribution >= 4 is 22.6 Å². The molecule has 158 valence electrons. The van der Waals surface area contributed by atoms with Crippen LogP contribution in [0.4, 0.5) is 5.69 Å². The van der Waals surface area contributed by atoms with Crippen LogP contribution in [0.3, 0.4) is 0 Å². The Morgan fingerprint density at radius 3 is 2.45 bits per heavy atom. The SMILES string of the molecule is CCC(C(=O)Nc1cccc(C)c1)n1c(=O)cc(C)c2c(C)nn(-c3ccccc3)c21. The van der Waals surface area contributed by atoms with E-state index in [-0.39, 0.29) is 11.5 Å². The van der Waals surface area contributed by atoms with Gasteiger partial charge in [-0.15, -0.1) is 0 Å². The summed E-state index contributed by atoms with van der Waals surface area (Å²) in [6.45, 7) is 7.72. The first-order valence-electron chi connectivity index (χ1n) is 10.4. The highest BCUT2D eigenvalue weighted by Crippen LogP contribution is 2.27. The second kappa shape index (κ2) is 8.22. The molecule has 6 heteroatoms. The van der Waals surface area contributed by atoms with E-state index in [4.69, 9.17) is 5.10 Å². The van der Waals surface area contributed by atoms with Crippen molar-refractivity contribution in [3.63, 3.8) is 0 Å². The first-order chi connectivity index (χ1) is 14.9. The predicted molar refractivity (Wildman–Crippen MR) is 124 cm³/mol. The van der Waals surface area contributed by atoms with E-state index in [2.05, 4.69) is 5.32 Å². The molecule has 0 saturated heterocycles. The molecule has 4 rings (SSSR count). The molecule has 6 nitrogen and oxygen atoms in total. The maximum absolute atomic E-state index is 13.3. The molecule has 0 fully saturated rings. The summed E-state index contributed by atoms with van der Waals surface area (Å²) in [7, 11) is 0. The van der Waals surface area contributed by atoms with Gasteiger partial charge in [0.1, 0.15) is 11.7 Å². The fourth-order valence-electron chi connectivity index (χ4n) is 4.11. The minimum absolute atomic E-state index is 0.215. The fraction of sp³-hybridized carbons (Fsp3) is 0.240. The molecule has 1 atom stereocenters. The first-order valence-corrected chi connectivity index (χ1v) is 10.4. The summed E-state index contributed by atoms with van der Waals surface area (Å²) < 4.78 is 3.35. The van der Waals surface area contributed by atoms with E-state index < -0.39 is 6.04 Å². The Kier molecular flexibility index (Phi) is 5.46. The first kappa shape index (κ1) is 20.6. The number of aryl methyl sites for hydroxylation is 3. The van der Waals surface area contributed by atoms with Gasteiger partial charge in [0.2, 0.25) is 5.91 Å². The average Bonchev–Trinajstić information content (AvgIpc) is 3.09. The maximum atomic E-state index is 13.3. The van der Waals surface area contributed by atoms with Crippen LogP contribution in [-0.4, -0.2) is 20.3 Å². The number of hydrogen-bond acceptors (Lipinski definition) is 3. The van der Waals surface area contributed by atoms with Crippen molar-refractivity contribution in [1.29, 1.82) is 0 Å². The average molecular weight is 415 g/mol. The largest absolute Gasteiger partial charge is 0.324 e. The van der Waals surface area contributed by atoms with E-state index in [1.807, 2.05) is 82.3 Å². The van der Waals surface area contributed by atoms with Gasteiger partial charge in [-0.05, 0) is 62.6 Å². The lowest BCUT2D eigenvalue weighted by atomic mass is 10.1. The van der Waals surface area contributed by atoms with Gasteiger partial charge in [-0.2, -0.15) is 5.10 Å². The molecule has 4 aromatic rings. The third kappa shape index (κ3) is 3.77. The van der Waals surface area contributed by atoms with Gasteiger partial charge in [0.05, 0.1) is 11.4 Å². The summed E-state index contributed by atoms with van der Waals surface area (Å²) in [5, 5.41) is 8.59. The lowest BCUT2D eigenvalue weighted by molar-refractivity contribution is -0.119. The number of amides is 1. The third-order valence-electron chi connectivity index (χ3n) is 5.52. The monoisotopic (exact) mass is 414 g/mol. The molecule has 0 aliphatic heterocycles. The van der Waals surface area contributed by atoms with Crippen molar-refractivity contribution in [1.82, 2.24) is 14.3 Å². The van der Waals surface area contributed by atoms with Crippen molar-refractivity contribution in [2.24, 2.45) is 0 Å². The molecule has 0 aliphatic rings. The van der Waals surface area contributed by atoms with E-state index in [1.165, 1.54) is 0 Å². The molecule has 2 aromatic carbocycles. The quantitative estimate of drug-likeness (QED) is 0.515. The minimum Gasteiger partial charge on any atom is -0.324 e. The zero-order valence-corrected chi connectivity index (χ0v) is 18.2. The topological polar surface area (TPSA) is 68.9 Å². The van der Waals surface area contributed by atoms with E-state index in [0.717, 1.165) is 27.9 Å². The van der Waals surface area contributed by atoms with Crippen LogP contribution in [-0.2, 0) is 4.79 Å². The van der Waals surface area contributed by atoms with Crippen molar-refractivity contribution in [2.45, 2.75) is 40.2 Å². The van der Waals surface area contributed by atoms with Gasteiger partial charge in [0.25, 0.3) is 5.56 Å². The van der Waals surface area contributed by atoms with Crippen LogP contribution in [0.5, 0.6) is 0 Å². The number of carbonyl (C=O) groups excluding carboxylic acids is 1. The van der Waals surface area contributed by atoms with Gasteiger partial charge in [-0.1, -0.05) is 37.3 Å². The normalized spacial score (nSPS) is 12.1. The number of aromatic nitrogens is 3. The Hall–Kier alpha value is -3.67. The Morgan fingerprint density at radius 1 is 1.03 bits per heavy atom. The van der Waals surface area contributed by atoms with Crippen LogP contribution in [0.15, 0.2) is 65.5 Å². The number of hydrogen-bond donors (Lipinski definition) is 1. The predicted octanol–water partition coefficient (Wildman–Crippen LogP) is 4.70. The van der Waals surface area contributed by atoms with Crippen LogP contribution in [0.2, 0.25) is 0 Å². The van der Waals surface area contributed by atoms with Crippen molar-refractivity contribution in [2.75, 3.05) is 5.32 Å². The number of pyridine rings is 1. The molecule has 0 spiro atoms. The van der Waals surface area contributed by atoms with Crippen LogP contribution < -0.4 is 10.9 Å². The van der Waals surface area contributed by atoms with Crippen LogP contribution in [0, 0.1) is 20.8 Å². The smallest absolute Gasteiger partial charge is 0.253 e. The molecule has 0 aliphatic carbocycles. The molecule has 1 amide bonds. The summed E-state index contributed by atoms with van der Waals surface area (Å²) in [4.78, 5) is 26.5. The maximum Gasteiger partial charge on any atom is 0.253 e. The number of carbonyl (C=O) groups is 1. The molecule has 31 heavy (non-hydrogen) atoms. The summed E-state index contributed by atoms with van der Waals surface area (Å²) in [5.74, 6) is -0.223. The number of benzene rings is 2. The van der Waals surface area contributed by atoms with Gasteiger partial charge in [-0.25, -0.2) is 4.68 Å². The second-order valence-electron chi connectivity index (χ2n) is 7.85. The number of nitrogens with zero attached hydrogens (tertiary/aromatic N) is 3. The van der Waals surface area contributed by atoms with Crippen LogP contribution >= 0.6 is 0 Å². The molecular formula is C25H26N4O2. The van der Waals surface area contributed by atoms with Gasteiger partial charge in [-0.3, -0.25) is 14.2 Å². The zero-order chi connectivity index (χ0) is 22.1. The van der Waals surface area contributed by atoms with E-state index in [0.29, 0.717) is 17.8 Å². The summed E-state index contributed by atoms with van der Waals surface area (Å²) in [6, 6.07) is 18.2. The lowest BCUT2D eigenvalue weighted by Crippen LogP contribution is -2.34. The Morgan fingerprint density at radius 2 is 1.77 bits per heavy atom. The highest BCUT2D eigenvalue weighted by molar-refractivity contribution is 5.95. The molecule has 1 unspecified atom stereocenters. The Bertz CT molecular complexity index is 1320. The van der Waals surface area contributed by atoms with Crippen molar-refractivity contribution < 1.29 is 4.79 Å². The highest BCUT2D eigenvalue weighted by Gasteiger charge is 2.26. The summed E-state index contributed by atoms with van der Waals surface area (Å²) in [5.41, 5.74) is 4.71. The molecule has 2 heterocycles. The summed E-state index contributed by atoms with van der Waals surface area (Å²) in [6.07, 6.45) is 0.467. The molecule has 1 N–H and O–H groups in total. The van der Waals surface area contributed by atoms with Gasteiger partial charge in [0, 0.05) is 17.1 Å². The molecule has 2 aromatic heterocycles. The standard InChI is InChI=1S/C25H26N4O2/c1-5-21(24(31)26-19-11-9-10-16(2)14-19)28-22(30)15-17(3)23-18(4)27-29(25(23)28)20-12-7-6-8-13-20/h6-15,21H,5H2,1-4H3,(H,26,31). The van der Waals surface area contributed by atoms with Crippen LogP contribution in [0.25, 0.3) is 16.7 Å². The molecule has 0 radical (unpaired) electrons. The number of nitrogens with one attached hydrogen (secondary N) is 1. The van der Waals surface area contributed by atoms with E-state index in [1.54, 1.807) is 15.3 Å². The van der Waals surface area contributed by atoms with Gasteiger partial charge in [0.15, 0.2) is 0 Å². The van der Waals surface area contributed by atoms with Gasteiger partial charge >= 0.3 is 0 Å². The second-order valence-corrected chi connectivity index (χ2v) is 7.85. The molecule has 0 bridgehead atoms. The summed E-state index contributed by atoms with van der Waals surface area (Å²) >= 11 is 0. The number of para-hydroxylation sites is 1. The fourth-order valence-corrected chi connectivity index (χ4v) is 4.11. The zero-order valence-electron chi connectivity index (χ0n) is 18.2. The molecule has 0 saturated carbocycles. The van der Waals surface area contributed by atoms with Gasteiger partial charge < -0.3 is 5.32 Å². The number of anilines is 1. The minimum atomic E-state index is -0.672. The van der Waals surface area contributed by atoms with E-state index >= 15 is 0 Å². The van der Waals surface area contributed by atoms with Crippen LogP contribution in [0.1, 0.15) is 36.2 Å². The Labute approximate surface area is 181 Å². The Balaban J connectivity index is 1.91. The van der Waals surface area contributed by atoms with Crippen molar-refractivity contribution in [3.8, 4) is 5.69 Å². The highest BCUT2D eigenvalue weighted by atomic mass is 16.2. The third-order valence-corrected chi connectivity index (χ3v) is 5.52.